The van der Waals surface area contributed by atoms with Gasteiger partial charge in [-0.05, 0) is 36.5 Å². The second kappa shape index (κ2) is 9.21. The van der Waals surface area contributed by atoms with Crippen molar-refractivity contribution in [1.82, 2.24) is 10.6 Å². The smallest absolute Gasteiger partial charge is 0.239 e. The molecule has 0 spiro atoms. The van der Waals surface area contributed by atoms with E-state index in [2.05, 4.69) is 26.6 Å². The summed E-state index contributed by atoms with van der Waals surface area (Å²) in [6.07, 6.45) is 5.71. The molecule has 5 heteroatoms. The molecule has 4 nitrogen and oxygen atoms in total. The minimum absolute atomic E-state index is 0.0507. The molecule has 1 saturated carbocycles. The molecule has 1 fully saturated rings. The normalized spacial score (nSPS) is 16.7. The van der Waals surface area contributed by atoms with Crippen LogP contribution < -0.4 is 10.6 Å². The molecule has 0 heterocycles. The third-order valence-electron chi connectivity index (χ3n) is 4.57. The molecule has 0 bridgehead atoms. The van der Waals surface area contributed by atoms with Crippen molar-refractivity contribution >= 4 is 27.7 Å². The highest BCUT2D eigenvalue weighted by Gasteiger charge is 2.24. The van der Waals surface area contributed by atoms with Gasteiger partial charge in [-0.25, -0.2) is 0 Å². The molecule has 2 amide bonds. The van der Waals surface area contributed by atoms with Crippen molar-refractivity contribution in [2.24, 2.45) is 5.92 Å². The Morgan fingerprint density at radius 1 is 1.12 bits per heavy atom. The fourth-order valence-corrected chi connectivity index (χ4v) is 3.58. The number of nitrogens with one attached hydrogen (secondary N) is 2. The van der Waals surface area contributed by atoms with Crippen LogP contribution in [0.3, 0.4) is 0 Å². The van der Waals surface area contributed by atoms with E-state index in [1.165, 1.54) is 19.3 Å². The monoisotopic (exact) mass is 394 g/mol. The second-order valence-electron chi connectivity index (χ2n) is 6.89. The molecule has 2 rings (SSSR count). The van der Waals surface area contributed by atoms with E-state index in [4.69, 9.17) is 0 Å². The van der Waals surface area contributed by atoms with Crippen molar-refractivity contribution in [2.75, 3.05) is 6.54 Å². The molecule has 1 unspecified atom stereocenters. The molecular weight excluding hydrogens is 368 g/mol. The molecule has 132 valence electrons. The predicted molar refractivity (Wildman–Crippen MR) is 99.7 cm³/mol. The van der Waals surface area contributed by atoms with E-state index in [1.54, 1.807) is 0 Å². The zero-order valence-corrected chi connectivity index (χ0v) is 16.1. The molecule has 1 aliphatic rings. The molecule has 0 saturated heterocycles. The maximum absolute atomic E-state index is 12.6. The Balaban J connectivity index is 1.88. The van der Waals surface area contributed by atoms with Gasteiger partial charge in [-0.3, -0.25) is 9.59 Å². The molecule has 1 aromatic rings. The lowest BCUT2D eigenvalue weighted by molar-refractivity contribution is -0.128. The Hall–Kier alpha value is -1.36. The first kappa shape index (κ1) is 19.0. The van der Waals surface area contributed by atoms with Crippen LogP contribution in [0.2, 0.25) is 0 Å². The standard InChI is InChI=1S/C19H27BrN2O2/c1-13(2)18(14-8-10-15(20)11-9-14)19(24)21-12-17(23)22-16-6-4-3-5-7-16/h8-11,13,16,18H,3-7,12H2,1-2H3,(H,21,24)(H,22,23). The van der Waals surface area contributed by atoms with Crippen LogP contribution in [0, 0.1) is 5.92 Å². The summed E-state index contributed by atoms with van der Waals surface area (Å²) in [6.45, 7) is 4.10. The number of hydrogen-bond acceptors (Lipinski definition) is 2. The summed E-state index contributed by atoms with van der Waals surface area (Å²) in [5.41, 5.74) is 0.971. The maximum atomic E-state index is 12.6. The highest BCUT2D eigenvalue weighted by Crippen LogP contribution is 2.26. The van der Waals surface area contributed by atoms with E-state index >= 15 is 0 Å². The molecule has 1 atom stereocenters. The van der Waals surface area contributed by atoms with E-state index in [9.17, 15) is 9.59 Å². The summed E-state index contributed by atoms with van der Waals surface area (Å²) in [6, 6.07) is 8.06. The number of carbonyl (C=O) groups is 2. The van der Waals surface area contributed by atoms with Gasteiger partial charge in [0.15, 0.2) is 0 Å². The van der Waals surface area contributed by atoms with Gasteiger partial charge in [0.05, 0.1) is 12.5 Å². The molecule has 1 aromatic carbocycles. The van der Waals surface area contributed by atoms with Gasteiger partial charge in [0.2, 0.25) is 11.8 Å². The van der Waals surface area contributed by atoms with Gasteiger partial charge in [0.25, 0.3) is 0 Å². The van der Waals surface area contributed by atoms with Crippen LogP contribution in [0.1, 0.15) is 57.4 Å². The average molecular weight is 395 g/mol. The van der Waals surface area contributed by atoms with Crippen molar-refractivity contribution in [1.29, 1.82) is 0 Å². The second-order valence-corrected chi connectivity index (χ2v) is 7.81. The number of hydrogen-bond donors (Lipinski definition) is 2. The van der Waals surface area contributed by atoms with Crippen LogP contribution in [0.25, 0.3) is 0 Å². The third kappa shape index (κ3) is 5.62. The SMILES string of the molecule is CC(C)C(C(=O)NCC(=O)NC1CCCCC1)c1ccc(Br)cc1. The minimum Gasteiger partial charge on any atom is -0.352 e. The Kier molecular flexibility index (Phi) is 7.28. The van der Waals surface area contributed by atoms with Gasteiger partial charge in [-0.1, -0.05) is 61.2 Å². The Morgan fingerprint density at radius 3 is 2.33 bits per heavy atom. The van der Waals surface area contributed by atoms with Crippen LogP contribution in [-0.4, -0.2) is 24.4 Å². The number of amides is 2. The van der Waals surface area contributed by atoms with Crippen LogP contribution in [0.4, 0.5) is 0 Å². The van der Waals surface area contributed by atoms with Crippen molar-refractivity contribution in [3.05, 3.63) is 34.3 Å². The van der Waals surface area contributed by atoms with Crippen LogP contribution in [-0.2, 0) is 9.59 Å². The van der Waals surface area contributed by atoms with Gasteiger partial charge in [0.1, 0.15) is 0 Å². The number of rotatable bonds is 6. The van der Waals surface area contributed by atoms with E-state index < -0.39 is 0 Å². The predicted octanol–water partition coefficient (Wildman–Crippen LogP) is 3.75. The summed E-state index contributed by atoms with van der Waals surface area (Å²) < 4.78 is 0.987. The molecular formula is C19H27BrN2O2. The molecule has 1 aliphatic carbocycles. The highest BCUT2D eigenvalue weighted by molar-refractivity contribution is 9.10. The van der Waals surface area contributed by atoms with Gasteiger partial charge in [0, 0.05) is 10.5 Å². The third-order valence-corrected chi connectivity index (χ3v) is 5.10. The fraction of sp³-hybridized carbons (Fsp3) is 0.579. The topological polar surface area (TPSA) is 58.2 Å². The largest absolute Gasteiger partial charge is 0.352 e. The lowest BCUT2D eigenvalue weighted by Crippen LogP contribution is -2.44. The molecule has 0 radical (unpaired) electrons. The van der Waals surface area contributed by atoms with Crippen molar-refractivity contribution in [2.45, 2.75) is 57.9 Å². The molecule has 0 aromatic heterocycles. The number of halogens is 1. The Labute approximate surface area is 152 Å². The zero-order valence-electron chi connectivity index (χ0n) is 14.5. The Bertz CT molecular complexity index is 551. The summed E-state index contributed by atoms with van der Waals surface area (Å²) in [4.78, 5) is 24.6. The fourth-order valence-electron chi connectivity index (χ4n) is 3.31. The summed E-state index contributed by atoms with van der Waals surface area (Å²) in [7, 11) is 0. The first-order valence-corrected chi connectivity index (χ1v) is 9.59. The van der Waals surface area contributed by atoms with Gasteiger partial charge in [-0.2, -0.15) is 0 Å². The maximum Gasteiger partial charge on any atom is 0.239 e. The van der Waals surface area contributed by atoms with Gasteiger partial charge < -0.3 is 10.6 Å². The minimum atomic E-state index is -0.249. The number of benzene rings is 1. The highest BCUT2D eigenvalue weighted by atomic mass is 79.9. The summed E-state index contributed by atoms with van der Waals surface area (Å²) in [5.74, 6) is -0.271. The molecule has 0 aliphatic heterocycles. The summed E-state index contributed by atoms with van der Waals surface area (Å²) >= 11 is 3.41. The van der Waals surface area contributed by atoms with Crippen molar-refractivity contribution < 1.29 is 9.59 Å². The van der Waals surface area contributed by atoms with Crippen LogP contribution in [0.5, 0.6) is 0 Å². The van der Waals surface area contributed by atoms with E-state index in [0.29, 0.717) is 0 Å². The summed E-state index contributed by atoms with van der Waals surface area (Å²) in [5, 5.41) is 5.83. The van der Waals surface area contributed by atoms with E-state index in [-0.39, 0.29) is 36.2 Å². The van der Waals surface area contributed by atoms with E-state index in [1.807, 2.05) is 38.1 Å². The van der Waals surface area contributed by atoms with Crippen molar-refractivity contribution in [3.8, 4) is 0 Å². The van der Waals surface area contributed by atoms with Gasteiger partial charge >= 0.3 is 0 Å². The lowest BCUT2D eigenvalue weighted by atomic mass is 9.87. The van der Waals surface area contributed by atoms with Crippen molar-refractivity contribution in [3.63, 3.8) is 0 Å². The van der Waals surface area contributed by atoms with Gasteiger partial charge in [-0.15, -0.1) is 0 Å². The Morgan fingerprint density at radius 2 is 1.75 bits per heavy atom. The lowest BCUT2D eigenvalue weighted by Gasteiger charge is -2.24. The molecule has 2 N–H and O–H groups in total. The van der Waals surface area contributed by atoms with E-state index in [0.717, 1.165) is 22.9 Å². The number of carbonyl (C=O) groups excluding carboxylic acids is 2. The zero-order chi connectivity index (χ0) is 17.5. The average Bonchev–Trinajstić information content (AvgIpc) is 2.55. The van der Waals surface area contributed by atoms with Crippen LogP contribution in [0.15, 0.2) is 28.7 Å². The van der Waals surface area contributed by atoms with Crippen LogP contribution >= 0.6 is 15.9 Å². The first-order valence-electron chi connectivity index (χ1n) is 8.80. The quantitative estimate of drug-likeness (QED) is 0.771. The molecule has 24 heavy (non-hydrogen) atoms. The first-order chi connectivity index (χ1) is 11.5.